The summed E-state index contributed by atoms with van der Waals surface area (Å²) in [7, 11) is 4.93. The summed E-state index contributed by atoms with van der Waals surface area (Å²) in [4.78, 5) is 31.5. The molecule has 0 unspecified atom stereocenters. The summed E-state index contributed by atoms with van der Waals surface area (Å²) in [6.07, 6.45) is 4.89. The number of carbonyl (C=O) groups excluding carboxylic acids is 1. The summed E-state index contributed by atoms with van der Waals surface area (Å²) in [6, 6.07) is 7.77. The van der Waals surface area contributed by atoms with Crippen LogP contribution in [0.2, 0.25) is 0 Å². The minimum Gasteiger partial charge on any atom is -0.497 e. The van der Waals surface area contributed by atoms with Gasteiger partial charge in [-0.3, -0.25) is 9.59 Å². The van der Waals surface area contributed by atoms with Gasteiger partial charge in [0.15, 0.2) is 0 Å². The molecule has 1 atom stereocenters. The van der Waals surface area contributed by atoms with Gasteiger partial charge in [0, 0.05) is 31.7 Å². The summed E-state index contributed by atoms with van der Waals surface area (Å²) >= 11 is 0. The molecule has 0 saturated carbocycles. The first kappa shape index (κ1) is 18.2. The van der Waals surface area contributed by atoms with E-state index >= 15 is 0 Å². The molecule has 3 rings (SSSR count). The van der Waals surface area contributed by atoms with Crippen LogP contribution in [-0.2, 0) is 7.05 Å². The Hall–Kier alpha value is -3.55. The lowest BCUT2D eigenvalue weighted by Crippen LogP contribution is -2.34. The molecule has 2 heterocycles. The number of amides is 1. The highest BCUT2D eigenvalue weighted by Gasteiger charge is 2.24. The predicted octanol–water partition coefficient (Wildman–Crippen LogP) is 1.64. The summed E-state index contributed by atoms with van der Waals surface area (Å²) < 4.78 is 12.5. The molecule has 8 heteroatoms. The molecule has 0 radical (unpaired) electrons. The number of ether oxygens (including phenoxy) is 2. The molecule has 0 aliphatic carbocycles. The lowest BCUT2D eigenvalue weighted by atomic mass is 10.0. The van der Waals surface area contributed by atoms with E-state index in [0.29, 0.717) is 22.9 Å². The van der Waals surface area contributed by atoms with Crippen LogP contribution in [0.5, 0.6) is 11.5 Å². The Bertz CT molecular complexity index is 986. The van der Waals surface area contributed by atoms with Gasteiger partial charge >= 0.3 is 0 Å². The maximum atomic E-state index is 12.7. The first-order valence-electron chi connectivity index (χ1n) is 8.22. The zero-order valence-corrected chi connectivity index (χ0v) is 15.2. The lowest BCUT2D eigenvalue weighted by molar-refractivity contribution is 0.0939. The summed E-state index contributed by atoms with van der Waals surface area (Å²) in [5.41, 5.74) is 0.268. The highest BCUT2D eigenvalue weighted by Crippen LogP contribution is 2.29. The number of benzene rings is 1. The maximum Gasteiger partial charge on any atom is 0.260 e. The molecule has 0 bridgehead atoms. The second kappa shape index (κ2) is 7.77. The Morgan fingerprint density at radius 3 is 2.48 bits per heavy atom. The molecule has 8 nitrogen and oxygen atoms in total. The largest absolute Gasteiger partial charge is 0.497 e. The molecule has 0 aliphatic heterocycles. The van der Waals surface area contributed by atoms with Gasteiger partial charge in [0.1, 0.15) is 28.9 Å². The summed E-state index contributed by atoms with van der Waals surface area (Å²) in [5, 5.41) is 2.88. The van der Waals surface area contributed by atoms with Crippen molar-refractivity contribution in [2.75, 3.05) is 14.2 Å². The van der Waals surface area contributed by atoms with Crippen molar-refractivity contribution in [3.8, 4) is 11.5 Å². The van der Waals surface area contributed by atoms with E-state index in [2.05, 4.69) is 15.3 Å². The number of H-pyrrole nitrogens is 1. The van der Waals surface area contributed by atoms with Gasteiger partial charge in [-0.25, -0.2) is 4.98 Å². The third kappa shape index (κ3) is 3.84. The Morgan fingerprint density at radius 1 is 1.22 bits per heavy atom. The molecule has 2 aromatic heterocycles. The Labute approximate surface area is 155 Å². The average molecular weight is 368 g/mol. The van der Waals surface area contributed by atoms with Crippen LogP contribution < -0.4 is 20.3 Å². The fraction of sp³-hybridized carbons (Fsp3) is 0.211. The molecule has 0 aliphatic rings. The van der Waals surface area contributed by atoms with Crippen LogP contribution in [-0.4, -0.2) is 34.7 Å². The van der Waals surface area contributed by atoms with Crippen LogP contribution in [0, 0.1) is 0 Å². The zero-order chi connectivity index (χ0) is 19.4. The molecule has 3 aromatic rings. The van der Waals surface area contributed by atoms with Crippen LogP contribution in [0.15, 0.2) is 53.7 Å². The van der Waals surface area contributed by atoms with Crippen molar-refractivity contribution in [1.29, 1.82) is 0 Å². The van der Waals surface area contributed by atoms with E-state index in [4.69, 9.17) is 9.47 Å². The molecular formula is C19H20N4O4. The van der Waals surface area contributed by atoms with Gasteiger partial charge in [-0.1, -0.05) is 0 Å². The van der Waals surface area contributed by atoms with E-state index in [0.717, 1.165) is 0 Å². The number of hydrogen-bond acceptors (Lipinski definition) is 5. The Kier molecular flexibility index (Phi) is 5.25. The predicted molar refractivity (Wildman–Crippen MR) is 99.1 cm³/mol. The topological polar surface area (TPSA) is 98.2 Å². The van der Waals surface area contributed by atoms with Crippen LogP contribution in [0.1, 0.15) is 27.8 Å². The molecule has 27 heavy (non-hydrogen) atoms. The van der Waals surface area contributed by atoms with Crippen molar-refractivity contribution in [3.05, 3.63) is 76.2 Å². The quantitative estimate of drug-likeness (QED) is 0.689. The van der Waals surface area contributed by atoms with E-state index in [9.17, 15) is 9.59 Å². The Balaban J connectivity index is 2.05. The van der Waals surface area contributed by atoms with Gasteiger partial charge in [-0.05, 0) is 29.8 Å². The van der Waals surface area contributed by atoms with Crippen molar-refractivity contribution < 1.29 is 14.3 Å². The van der Waals surface area contributed by atoms with Crippen LogP contribution >= 0.6 is 0 Å². The SMILES string of the molecule is COc1cc(OC)cc([C@@H](NC(=O)c2ccc[nH]c2=O)c2nccn2C)c1. The highest BCUT2D eigenvalue weighted by molar-refractivity contribution is 5.94. The minimum absolute atomic E-state index is 0.0200. The first-order valence-corrected chi connectivity index (χ1v) is 8.22. The van der Waals surface area contributed by atoms with E-state index in [1.165, 1.54) is 12.3 Å². The molecule has 140 valence electrons. The Morgan fingerprint density at radius 2 is 1.93 bits per heavy atom. The number of nitrogens with one attached hydrogen (secondary N) is 2. The van der Waals surface area contributed by atoms with Crippen molar-refractivity contribution in [2.45, 2.75) is 6.04 Å². The van der Waals surface area contributed by atoms with Crippen LogP contribution in [0.4, 0.5) is 0 Å². The van der Waals surface area contributed by atoms with Gasteiger partial charge in [-0.15, -0.1) is 0 Å². The molecule has 2 N–H and O–H groups in total. The number of aromatic amines is 1. The number of methoxy groups -OCH3 is 2. The van der Waals surface area contributed by atoms with Gasteiger partial charge < -0.3 is 24.3 Å². The molecule has 0 fully saturated rings. The molecule has 0 spiro atoms. The number of rotatable bonds is 6. The number of aryl methyl sites for hydroxylation is 1. The summed E-state index contributed by atoms with van der Waals surface area (Å²) in [6.45, 7) is 0. The van der Waals surface area contributed by atoms with Gasteiger partial charge in [0.2, 0.25) is 0 Å². The van der Waals surface area contributed by atoms with Gasteiger partial charge in [0.05, 0.1) is 14.2 Å². The van der Waals surface area contributed by atoms with E-state index < -0.39 is 17.5 Å². The lowest BCUT2D eigenvalue weighted by Gasteiger charge is -2.20. The number of pyridine rings is 1. The number of hydrogen-bond donors (Lipinski definition) is 2. The number of nitrogens with zero attached hydrogens (tertiary/aromatic N) is 2. The van der Waals surface area contributed by atoms with E-state index in [-0.39, 0.29) is 5.56 Å². The van der Waals surface area contributed by atoms with Crippen molar-refractivity contribution in [1.82, 2.24) is 19.9 Å². The average Bonchev–Trinajstić information content (AvgIpc) is 3.11. The second-order valence-corrected chi connectivity index (χ2v) is 5.86. The number of imidazole rings is 1. The normalized spacial score (nSPS) is 11.7. The number of carbonyl (C=O) groups is 1. The maximum absolute atomic E-state index is 12.7. The molecule has 1 aromatic carbocycles. The van der Waals surface area contributed by atoms with Crippen molar-refractivity contribution in [3.63, 3.8) is 0 Å². The fourth-order valence-corrected chi connectivity index (χ4v) is 2.76. The molecule has 1 amide bonds. The van der Waals surface area contributed by atoms with Crippen LogP contribution in [0.25, 0.3) is 0 Å². The van der Waals surface area contributed by atoms with Crippen LogP contribution in [0.3, 0.4) is 0 Å². The van der Waals surface area contributed by atoms with Crippen molar-refractivity contribution >= 4 is 5.91 Å². The molecular weight excluding hydrogens is 348 g/mol. The summed E-state index contributed by atoms with van der Waals surface area (Å²) in [5.74, 6) is 1.25. The van der Waals surface area contributed by atoms with Gasteiger partial charge in [0.25, 0.3) is 11.5 Å². The highest BCUT2D eigenvalue weighted by atomic mass is 16.5. The van der Waals surface area contributed by atoms with E-state index in [1.54, 1.807) is 55.4 Å². The van der Waals surface area contributed by atoms with Gasteiger partial charge in [-0.2, -0.15) is 0 Å². The third-order valence-corrected chi connectivity index (χ3v) is 4.16. The van der Waals surface area contributed by atoms with Crippen molar-refractivity contribution in [2.24, 2.45) is 7.05 Å². The second-order valence-electron chi connectivity index (χ2n) is 5.86. The zero-order valence-electron chi connectivity index (χ0n) is 15.2. The first-order chi connectivity index (χ1) is 13.0. The fourth-order valence-electron chi connectivity index (χ4n) is 2.76. The van der Waals surface area contributed by atoms with E-state index in [1.807, 2.05) is 7.05 Å². The standard InChI is InChI=1S/C19H20N4O4/c1-23-8-7-20-17(23)16(12-9-13(26-2)11-14(10-12)27-3)22-19(25)15-5-4-6-21-18(15)24/h4-11,16H,1-3H3,(H,21,24)(H,22,25)/t16-/m1/s1. The smallest absolute Gasteiger partial charge is 0.260 e. The third-order valence-electron chi connectivity index (χ3n) is 4.16. The number of aromatic nitrogens is 3. The minimum atomic E-state index is -0.610. The monoisotopic (exact) mass is 368 g/mol. The molecule has 0 saturated heterocycles.